The van der Waals surface area contributed by atoms with Crippen molar-refractivity contribution in [2.75, 3.05) is 31.6 Å². The van der Waals surface area contributed by atoms with Crippen molar-refractivity contribution in [1.82, 2.24) is 9.88 Å². The number of nitrogens with zero attached hydrogens (tertiary/aromatic N) is 2. The highest BCUT2D eigenvalue weighted by Gasteiger charge is 2.48. The molecule has 2 atom stereocenters. The van der Waals surface area contributed by atoms with Gasteiger partial charge in [-0.2, -0.15) is 0 Å². The zero-order valence-electron chi connectivity index (χ0n) is 17.6. The summed E-state index contributed by atoms with van der Waals surface area (Å²) < 4.78 is 32.7. The summed E-state index contributed by atoms with van der Waals surface area (Å²) in [5, 5.41) is 12.5. The van der Waals surface area contributed by atoms with Gasteiger partial charge in [-0.05, 0) is 44.7 Å². The van der Waals surface area contributed by atoms with Gasteiger partial charge in [-0.15, -0.1) is 0 Å². The minimum Gasteiger partial charge on any atom is -0.477 e. The smallest absolute Gasteiger partial charge is 0.341 e. The van der Waals surface area contributed by atoms with E-state index in [0.29, 0.717) is 19.0 Å². The van der Waals surface area contributed by atoms with Crippen LogP contribution in [0.5, 0.6) is 0 Å². The van der Waals surface area contributed by atoms with Gasteiger partial charge in [-0.25, -0.2) is 13.6 Å². The minimum atomic E-state index is -1.39. The van der Waals surface area contributed by atoms with Gasteiger partial charge in [0.25, 0.3) is 0 Å². The number of carbonyl (C=O) groups is 1. The Labute approximate surface area is 178 Å². The van der Waals surface area contributed by atoms with Crippen molar-refractivity contribution in [3.05, 3.63) is 39.7 Å². The molecule has 0 amide bonds. The van der Waals surface area contributed by atoms with Crippen LogP contribution in [0.15, 0.2) is 17.1 Å². The summed E-state index contributed by atoms with van der Waals surface area (Å²) in [7, 11) is 1.91. The van der Waals surface area contributed by atoms with Gasteiger partial charge in [-0.3, -0.25) is 4.79 Å². The van der Waals surface area contributed by atoms with E-state index in [1.807, 2.05) is 11.9 Å². The van der Waals surface area contributed by atoms with Crippen LogP contribution >= 0.6 is 0 Å². The molecule has 3 aliphatic rings. The summed E-state index contributed by atoms with van der Waals surface area (Å²) >= 11 is 0. The Morgan fingerprint density at radius 2 is 2.06 bits per heavy atom. The van der Waals surface area contributed by atoms with E-state index in [1.54, 1.807) is 0 Å². The lowest BCUT2D eigenvalue weighted by Crippen LogP contribution is -2.41. The van der Waals surface area contributed by atoms with Crippen molar-refractivity contribution < 1.29 is 18.7 Å². The molecule has 8 heteroatoms. The Morgan fingerprint density at radius 1 is 1.29 bits per heavy atom. The molecule has 2 aromatic rings. The second-order valence-electron chi connectivity index (χ2n) is 9.45. The monoisotopic (exact) mass is 431 g/mol. The maximum Gasteiger partial charge on any atom is 0.341 e. The summed E-state index contributed by atoms with van der Waals surface area (Å²) in [4.78, 5) is 26.0. The SMILES string of the molecule is CNC[C@]12CCCC[C@H]1CN(c1c(F)cc3c(=O)c(C(=O)O)cn(C4CC4)c3c1F)C2. The molecule has 2 aliphatic carbocycles. The number of aromatic carboxylic acids is 1. The molecular weight excluding hydrogens is 404 g/mol. The third kappa shape index (κ3) is 3.14. The Bertz CT molecular complexity index is 1120. The number of pyridine rings is 1. The van der Waals surface area contributed by atoms with Crippen molar-refractivity contribution >= 4 is 22.6 Å². The van der Waals surface area contributed by atoms with Crippen LogP contribution in [0, 0.1) is 23.0 Å². The maximum atomic E-state index is 15.9. The average Bonchev–Trinajstić information content (AvgIpc) is 3.49. The Hall–Kier alpha value is -2.48. The predicted molar refractivity (Wildman–Crippen MR) is 114 cm³/mol. The van der Waals surface area contributed by atoms with E-state index in [1.165, 1.54) is 10.8 Å². The summed E-state index contributed by atoms with van der Waals surface area (Å²) in [6, 6.07) is 0.972. The van der Waals surface area contributed by atoms with Gasteiger partial charge >= 0.3 is 5.97 Å². The van der Waals surface area contributed by atoms with E-state index in [-0.39, 0.29) is 28.0 Å². The summed E-state index contributed by atoms with van der Waals surface area (Å²) in [5.74, 6) is -2.58. The first-order valence-electron chi connectivity index (χ1n) is 11.1. The standard InChI is InChI=1S/C23H27F2N3O3/c1-26-11-23-7-3-2-4-13(23)9-27(12-23)20-17(24)8-15-19(18(20)25)28(14-5-6-14)10-16(21(15)29)22(30)31/h8,10,13-14,26H,2-7,9,11-12H2,1H3,(H,30,31)/t13-,23-/m0/s1. The molecule has 1 aliphatic heterocycles. The third-order valence-corrected chi connectivity index (χ3v) is 7.49. The van der Waals surface area contributed by atoms with Crippen molar-refractivity contribution in [3.8, 4) is 0 Å². The van der Waals surface area contributed by atoms with Gasteiger partial charge in [0.05, 0.1) is 10.9 Å². The van der Waals surface area contributed by atoms with E-state index < -0.39 is 28.6 Å². The highest BCUT2D eigenvalue weighted by Crippen LogP contribution is 2.49. The number of carboxylic acids is 1. The van der Waals surface area contributed by atoms with Crippen molar-refractivity contribution in [2.24, 2.45) is 11.3 Å². The van der Waals surface area contributed by atoms with Gasteiger partial charge in [0.15, 0.2) is 5.82 Å². The first-order chi connectivity index (χ1) is 14.9. The molecule has 0 bridgehead atoms. The first kappa shape index (κ1) is 20.4. The molecule has 5 rings (SSSR count). The van der Waals surface area contributed by atoms with Gasteiger partial charge in [0.1, 0.15) is 17.1 Å². The fraction of sp³-hybridized carbons (Fsp3) is 0.565. The summed E-state index contributed by atoms with van der Waals surface area (Å²) in [6.45, 7) is 1.96. The van der Waals surface area contributed by atoms with Crippen LogP contribution in [0.25, 0.3) is 10.9 Å². The molecule has 1 saturated heterocycles. The molecular formula is C23H27F2N3O3. The van der Waals surface area contributed by atoms with E-state index in [2.05, 4.69) is 5.32 Å². The van der Waals surface area contributed by atoms with Gasteiger partial charge < -0.3 is 19.9 Å². The number of hydrogen-bond acceptors (Lipinski definition) is 4. The number of hydrogen-bond donors (Lipinski definition) is 2. The zero-order chi connectivity index (χ0) is 21.9. The molecule has 2 heterocycles. The van der Waals surface area contributed by atoms with E-state index in [4.69, 9.17) is 0 Å². The van der Waals surface area contributed by atoms with Crippen LogP contribution in [0.2, 0.25) is 0 Å². The average molecular weight is 431 g/mol. The normalized spacial score (nSPS) is 25.8. The predicted octanol–water partition coefficient (Wildman–Crippen LogP) is 3.53. The molecule has 166 valence electrons. The van der Waals surface area contributed by atoms with Gasteiger partial charge in [0, 0.05) is 37.3 Å². The number of aromatic nitrogens is 1. The molecule has 6 nitrogen and oxygen atoms in total. The molecule has 1 aromatic carbocycles. The Morgan fingerprint density at radius 3 is 2.74 bits per heavy atom. The van der Waals surface area contributed by atoms with E-state index in [0.717, 1.165) is 51.1 Å². The minimum absolute atomic E-state index is 0.00976. The number of fused-ring (bicyclic) bond motifs is 2. The number of nitrogens with one attached hydrogen (secondary N) is 1. The Kier molecular flexibility index (Phi) is 4.80. The molecule has 0 spiro atoms. The molecule has 0 unspecified atom stereocenters. The van der Waals surface area contributed by atoms with Gasteiger partial charge in [-0.1, -0.05) is 12.8 Å². The quantitative estimate of drug-likeness (QED) is 0.758. The molecule has 31 heavy (non-hydrogen) atoms. The van der Waals surface area contributed by atoms with Crippen molar-refractivity contribution in [2.45, 2.75) is 44.6 Å². The number of carboxylic acid groups (broad SMARTS) is 1. The molecule has 3 fully saturated rings. The van der Waals surface area contributed by atoms with Crippen LogP contribution in [0.4, 0.5) is 14.5 Å². The van der Waals surface area contributed by atoms with Crippen LogP contribution in [-0.4, -0.2) is 42.3 Å². The lowest BCUT2D eigenvalue weighted by Gasteiger charge is -2.38. The fourth-order valence-corrected chi connectivity index (χ4v) is 5.91. The molecule has 2 saturated carbocycles. The number of rotatable bonds is 5. The topological polar surface area (TPSA) is 74.6 Å². The lowest BCUT2D eigenvalue weighted by atomic mass is 9.68. The fourth-order valence-electron chi connectivity index (χ4n) is 5.91. The maximum absolute atomic E-state index is 15.9. The zero-order valence-corrected chi connectivity index (χ0v) is 17.6. The van der Waals surface area contributed by atoms with Crippen LogP contribution in [0.1, 0.15) is 54.9 Å². The Balaban J connectivity index is 1.67. The van der Waals surface area contributed by atoms with Crippen LogP contribution < -0.4 is 15.6 Å². The van der Waals surface area contributed by atoms with E-state index >= 15 is 8.78 Å². The van der Waals surface area contributed by atoms with E-state index in [9.17, 15) is 14.7 Å². The lowest BCUT2D eigenvalue weighted by molar-refractivity contribution is 0.0694. The molecule has 1 aromatic heterocycles. The largest absolute Gasteiger partial charge is 0.477 e. The first-order valence-corrected chi connectivity index (χ1v) is 11.1. The van der Waals surface area contributed by atoms with Gasteiger partial charge in [0.2, 0.25) is 5.43 Å². The third-order valence-electron chi connectivity index (χ3n) is 7.49. The molecule has 0 radical (unpaired) electrons. The number of halogens is 2. The number of benzene rings is 1. The van der Waals surface area contributed by atoms with Crippen molar-refractivity contribution in [1.29, 1.82) is 0 Å². The second-order valence-corrected chi connectivity index (χ2v) is 9.45. The highest BCUT2D eigenvalue weighted by molar-refractivity contribution is 5.94. The summed E-state index contributed by atoms with van der Waals surface area (Å²) in [5.41, 5.74) is -1.37. The van der Waals surface area contributed by atoms with Crippen LogP contribution in [-0.2, 0) is 0 Å². The highest BCUT2D eigenvalue weighted by atomic mass is 19.1. The second kappa shape index (κ2) is 7.29. The molecule has 2 N–H and O–H groups in total. The van der Waals surface area contributed by atoms with Crippen LogP contribution in [0.3, 0.4) is 0 Å². The number of anilines is 1. The van der Waals surface area contributed by atoms with Crippen molar-refractivity contribution in [3.63, 3.8) is 0 Å². The summed E-state index contributed by atoms with van der Waals surface area (Å²) in [6.07, 6.45) is 7.10.